The molecule has 2 saturated heterocycles. The van der Waals surface area contributed by atoms with Crippen LogP contribution in [-0.4, -0.2) is 118 Å². The van der Waals surface area contributed by atoms with E-state index >= 15 is 0 Å². The summed E-state index contributed by atoms with van der Waals surface area (Å²) in [6.07, 6.45) is -7.51. The van der Waals surface area contributed by atoms with Gasteiger partial charge in [0.15, 0.2) is 12.6 Å². The number of hydrogen-bond donors (Lipinski definition) is 6. The lowest BCUT2D eigenvalue weighted by Gasteiger charge is -2.44. The van der Waals surface area contributed by atoms with Gasteiger partial charge >= 0.3 is 5.97 Å². The van der Waals surface area contributed by atoms with Crippen molar-refractivity contribution in [3.8, 4) is 0 Å². The third-order valence-electron chi connectivity index (χ3n) is 8.34. The van der Waals surface area contributed by atoms with E-state index in [0.717, 1.165) is 5.57 Å². The van der Waals surface area contributed by atoms with Gasteiger partial charge in [0.1, 0.15) is 42.2 Å². The summed E-state index contributed by atoms with van der Waals surface area (Å²) in [5, 5.41) is 60.8. The summed E-state index contributed by atoms with van der Waals surface area (Å²) in [5.74, 6) is -0.465. The molecule has 1 aliphatic carbocycles. The van der Waals surface area contributed by atoms with Crippen LogP contribution in [0.1, 0.15) is 26.7 Å². The zero-order chi connectivity index (χ0) is 28.0. The molecule has 214 valence electrons. The number of esters is 1. The molecule has 0 aromatic carbocycles. The Morgan fingerprint density at radius 1 is 1.16 bits per heavy atom. The Hall–Kier alpha value is -1.71. The van der Waals surface area contributed by atoms with Gasteiger partial charge in [-0.1, -0.05) is 19.6 Å². The first kappa shape index (κ1) is 29.3. The van der Waals surface area contributed by atoms with Crippen molar-refractivity contribution in [2.75, 3.05) is 26.4 Å². The predicted molar refractivity (Wildman–Crippen MR) is 129 cm³/mol. The Morgan fingerprint density at radius 2 is 1.87 bits per heavy atom. The second kappa shape index (κ2) is 11.0. The first-order chi connectivity index (χ1) is 17.8. The average molecular weight is 543 g/mol. The monoisotopic (exact) mass is 542 g/mol. The largest absolute Gasteiger partial charge is 0.454 e. The number of aliphatic hydroxyl groups excluding tert-OH is 5. The Balaban J connectivity index is 1.38. The molecule has 1 saturated carbocycles. The predicted octanol–water partition coefficient (Wildman–Crippen LogP) is -1.33. The minimum atomic E-state index is -1.88. The lowest BCUT2D eigenvalue weighted by atomic mass is 9.62. The molecule has 0 spiro atoms. The van der Waals surface area contributed by atoms with Crippen molar-refractivity contribution in [1.82, 2.24) is 0 Å². The van der Waals surface area contributed by atoms with Crippen molar-refractivity contribution >= 4 is 5.97 Å². The van der Waals surface area contributed by atoms with Crippen LogP contribution in [0.2, 0.25) is 0 Å². The van der Waals surface area contributed by atoms with Gasteiger partial charge in [-0.3, -0.25) is 0 Å². The maximum absolute atomic E-state index is 12.1. The first-order valence-corrected chi connectivity index (χ1v) is 12.6. The van der Waals surface area contributed by atoms with Crippen LogP contribution in [0.25, 0.3) is 0 Å². The zero-order valence-corrected chi connectivity index (χ0v) is 21.6. The van der Waals surface area contributed by atoms with Crippen LogP contribution in [0, 0.1) is 11.3 Å². The smallest absolute Gasteiger partial charge is 0.334 e. The molecule has 3 aliphatic heterocycles. The second-order valence-corrected chi connectivity index (χ2v) is 10.9. The highest BCUT2D eigenvalue weighted by Gasteiger charge is 2.51. The van der Waals surface area contributed by atoms with E-state index in [9.17, 15) is 35.4 Å². The quantitative estimate of drug-likeness (QED) is 0.149. The van der Waals surface area contributed by atoms with Gasteiger partial charge in [0.25, 0.3) is 0 Å². The van der Waals surface area contributed by atoms with Crippen LogP contribution < -0.4 is 0 Å². The average Bonchev–Trinajstić information content (AvgIpc) is 3.34. The van der Waals surface area contributed by atoms with Crippen molar-refractivity contribution in [2.24, 2.45) is 11.3 Å². The van der Waals surface area contributed by atoms with E-state index in [0.29, 0.717) is 24.0 Å². The maximum Gasteiger partial charge on any atom is 0.334 e. The summed E-state index contributed by atoms with van der Waals surface area (Å²) < 4.78 is 27.6. The summed E-state index contributed by atoms with van der Waals surface area (Å²) >= 11 is 0. The van der Waals surface area contributed by atoms with Crippen LogP contribution in [-0.2, 0) is 28.5 Å². The third-order valence-corrected chi connectivity index (χ3v) is 8.34. The lowest BCUT2D eigenvalue weighted by Crippen LogP contribution is -2.59. The molecule has 3 heterocycles. The summed E-state index contributed by atoms with van der Waals surface area (Å²) in [6, 6.07) is 0. The maximum atomic E-state index is 12.1. The molecule has 0 bridgehead atoms. The minimum Gasteiger partial charge on any atom is -0.454 e. The molecule has 12 heteroatoms. The van der Waals surface area contributed by atoms with Crippen LogP contribution in [0.5, 0.6) is 0 Å². The molecule has 12 nitrogen and oxygen atoms in total. The molecule has 4 aliphatic rings. The molecule has 3 fully saturated rings. The van der Waals surface area contributed by atoms with Crippen molar-refractivity contribution < 1.29 is 59.1 Å². The van der Waals surface area contributed by atoms with Crippen LogP contribution in [0.4, 0.5) is 0 Å². The molecule has 0 radical (unpaired) electrons. The van der Waals surface area contributed by atoms with Crippen LogP contribution >= 0.6 is 0 Å². The highest BCUT2D eigenvalue weighted by atomic mass is 16.7. The molecule has 0 aromatic rings. The van der Waals surface area contributed by atoms with E-state index in [1.165, 1.54) is 0 Å². The molecule has 6 N–H and O–H groups in total. The summed E-state index contributed by atoms with van der Waals surface area (Å²) in [4.78, 5) is 12.1. The van der Waals surface area contributed by atoms with Gasteiger partial charge in [-0.15, -0.1) is 6.58 Å². The summed E-state index contributed by atoms with van der Waals surface area (Å²) in [6.45, 7) is 10.4. The van der Waals surface area contributed by atoms with E-state index < -0.39 is 60.7 Å². The number of ether oxygens (including phenoxy) is 5. The third kappa shape index (κ3) is 5.22. The van der Waals surface area contributed by atoms with Crippen molar-refractivity contribution in [2.45, 2.75) is 81.5 Å². The van der Waals surface area contributed by atoms with E-state index in [1.54, 1.807) is 6.92 Å². The van der Waals surface area contributed by atoms with E-state index in [2.05, 4.69) is 13.2 Å². The zero-order valence-electron chi connectivity index (χ0n) is 21.6. The molecular formula is C26H38O12. The van der Waals surface area contributed by atoms with Gasteiger partial charge < -0.3 is 54.3 Å². The van der Waals surface area contributed by atoms with Crippen molar-refractivity contribution in [1.29, 1.82) is 0 Å². The molecule has 11 unspecified atom stereocenters. The number of hydrogen-bond acceptors (Lipinski definition) is 12. The van der Waals surface area contributed by atoms with Crippen LogP contribution in [0.3, 0.4) is 0 Å². The summed E-state index contributed by atoms with van der Waals surface area (Å²) in [5.41, 5.74) is -0.130. The highest BCUT2D eigenvalue weighted by molar-refractivity contribution is 5.91. The van der Waals surface area contributed by atoms with E-state index in [1.807, 2.05) is 13.0 Å². The van der Waals surface area contributed by atoms with E-state index in [4.69, 9.17) is 23.7 Å². The summed E-state index contributed by atoms with van der Waals surface area (Å²) in [7, 11) is 0. The van der Waals surface area contributed by atoms with E-state index in [-0.39, 0.29) is 37.8 Å². The lowest BCUT2D eigenvalue weighted by molar-refractivity contribution is -0.308. The number of aliphatic hydroxyl groups is 6. The molecule has 38 heavy (non-hydrogen) atoms. The van der Waals surface area contributed by atoms with Gasteiger partial charge in [0, 0.05) is 5.57 Å². The number of allylic oxidation sites excluding steroid dienone is 1. The van der Waals surface area contributed by atoms with Gasteiger partial charge in [-0.05, 0) is 42.2 Å². The fourth-order valence-corrected chi connectivity index (χ4v) is 5.55. The number of fused-ring (bicyclic) bond motifs is 1. The Labute approximate surface area is 220 Å². The molecule has 0 amide bonds. The van der Waals surface area contributed by atoms with Crippen molar-refractivity contribution in [3.05, 3.63) is 36.0 Å². The number of rotatable bonds is 9. The molecule has 0 aromatic heterocycles. The first-order valence-electron chi connectivity index (χ1n) is 12.6. The van der Waals surface area contributed by atoms with Gasteiger partial charge in [0.2, 0.25) is 0 Å². The topological polar surface area (TPSA) is 185 Å². The fourth-order valence-electron chi connectivity index (χ4n) is 5.55. The SMILES string of the molecule is C=CC1(C)CC2OC(=O)C(C)=C2CC1C(=C)COC1OC(COC2OCC(O)(CO)C2O)C(O)C(O)C1O. The highest BCUT2D eigenvalue weighted by Crippen LogP contribution is 2.50. The minimum absolute atomic E-state index is 0.0496. The molecule has 4 rings (SSSR count). The molecular weight excluding hydrogens is 504 g/mol. The standard InChI is InChI=1S/C26H38O12/c1-5-25(4)7-16-14(13(3)22(32)37-16)6-15(25)12(2)8-34-23-20(30)19(29)18(28)17(38-23)9-35-24-21(31)26(33,10-27)11-36-24/h5,15-21,23-24,27-31,33H,1-2,6-11H2,3-4H3. The fraction of sp³-hybridized carbons (Fsp3) is 0.731. The normalized spacial score (nSPS) is 45.2. The number of carbonyl (C=O) groups excluding carboxylic acids is 1. The Bertz CT molecular complexity index is 966. The van der Waals surface area contributed by atoms with Gasteiger partial charge in [0.05, 0.1) is 26.4 Å². The Morgan fingerprint density at radius 3 is 2.50 bits per heavy atom. The number of carbonyl (C=O) groups is 1. The van der Waals surface area contributed by atoms with Gasteiger partial charge in [-0.2, -0.15) is 0 Å². The van der Waals surface area contributed by atoms with Gasteiger partial charge in [-0.25, -0.2) is 4.79 Å². The van der Waals surface area contributed by atoms with Crippen LogP contribution in [0.15, 0.2) is 36.0 Å². The molecule has 11 atom stereocenters. The Kier molecular flexibility index (Phi) is 8.51. The second-order valence-electron chi connectivity index (χ2n) is 10.9. The van der Waals surface area contributed by atoms with Crippen molar-refractivity contribution in [3.63, 3.8) is 0 Å².